The third-order valence-corrected chi connectivity index (χ3v) is 4.87. The first-order valence-electron chi connectivity index (χ1n) is 8.92. The molecule has 0 fully saturated rings. The highest BCUT2D eigenvalue weighted by molar-refractivity contribution is 5.92. The molecular weight excluding hydrogens is 340 g/mol. The fourth-order valence-electron chi connectivity index (χ4n) is 3.34. The zero-order valence-electron chi connectivity index (χ0n) is 15.7. The number of benzene rings is 1. The van der Waals surface area contributed by atoms with E-state index in [0.717, 1.165) is 16.8 Å². The number of nitrogens with zero attached hydrogens (tertiary/aromatic N) is 2. The number of hydrogen-bond acceptors (Lipinski definition) is 3. The fourth-order valence-corrected chi connectivity index (χ4v) is 3.34. The Balaban J connectivity index is 1.49. The Kier molecular flexibility index (Phi) is 4.32. The van der Waals surface area contributed by atoms with E-state index in [4.69, 9.17) is 4.42 Å². The molecule has 6 nitrogen and oxygen atoms in total. The Morgan fingerprint density at radius 2 is 2.11 bits per heavy atom. The number of hydrogen-bond donors (Lipinski definition) is 2. The van der Waals surface area contributed by atoms with Gasteiger partial charge in [-0.2, -0.15) is 0 Å². The second-order valence-electron chi connectivity index (χ2n) is 6.91. The van der Waals surface area contributed by atoms with Crippen LogP contribution in [-0.2, 0) is 13.1 Å². The molecule has 0 unspecified atom stereocenters. The average Bonchev–Trinajstić information content (AvgIpc) is 3.37. The van der Waals surface area contributed by atoms with Crippen LogP contribution in [0.3, 0.4) is 0 Å². The van der Waals surface area contributed by atoms with Gasteiger partial charge in [-0.1, -0.05) is 11.6 Å². The van der Waals surface area contributed by atoms with Crippen LogP contribution in [0.15, 0.2) is 47.4 Å². The van der Waals surface area contributed by atoms with Gasteiger partial charge in [-0.25, -0.2) is 4.98 Å². The largest absolute Gasteiger partial charge is 0.454 e. The summed E-state index contributed by atoms with van der Waals surface area (Å²) < 4.78 is 7.56. The van der Waals surface area contributed by atoms with Crippen LogP contribution in [0.1, 0.15) is 38.7 Å². The summed E-state index contributed by atoms with van der Waals surface area (Å²) >= 11 is 0. The SMILES string of the molecule is Cc1cc(CNC(=O)c2ccc(Cn3ccnc3)o2)c2[nH]c(C)c(C)c2c1. The first kappa shape index (κ1) is 17.1. The monoisotopic (exact) mass is 362 g/mol. The summed E-state index contributed by atoms with van der Waals surface area (Å²) in [5, 5.41) is 4.17. The highest BCUT2D eigenvalue weighted by Crippen LogP contribution is 2.26. The summed E-state index contributed by atoms with van der Waals surface area (Å²) in [7, 11) is 0. The average molecular weight is 362 g/mol. The molecule has 1 aromatic carbocycles. The van der Waals surface area contributed by atoms with Crippen LogP contribution in [0, 0.1) is 20.8 Å². The molecule has 3 aromatic heterocycles. The first-order chi connectivity index (χ1) is 13.0. The van der Waals surface area contributed by atoms with Gasteiger partial charge in [0.15, 0.2) is 5.76 Å². The normalized spacial score (nSPS) is 11.2. The number of H-pyrrole nitrogens is 1. The van der Waals surface area contributed by atoms with Crippen molar-refractivity contribution in [3.05, 3.63) is 76.9 Å². The highest BCUT2D eigenvalue weighted by Gasteiger charge is 2.14. The Labute approximate surface area is 157 Å². The summed E-state index contributed by atoms with van der Waals surface area (Å²) in [5.74, 6) is 0.807. The molecule has 2 N–H and O–H groups in total. The van der Waals surface area contributed by atoms with Gasteiger partial charge >= 0.3 is 0 Å². The summed E-state index contributed by atoms with van der Waals surface area (Å²) in [6.45, 7) is 7.24. The van der Waals surface area contributed by atoms with Crippen LogP contribution >= 0.6 is 0 Å². The first-order valence-corrected chi connectivity index (χ1v) is 8.92. The van der Waals surface area contributed by atoms with Gasteiger partial charge < -0.3 is 19.3 Å². The summed E-state index contributed by atoms with van der Waals surface area (Å²) in [5.41, 5.74) is 5.72. The van der Waals surface area contributed by atoms with Crippen molar-refractivity contribution in [2.75, 3.05) is 0 Å². The van der Waals surface area contributed by atoms with E-state index >= 15 is 0 Å². The van der Waals surface area contributed by atoms with Gasteiger partial charge in [0.25, 0.3) is 5.91 Å². The Morgan fingerprint density at radius 3 is 2.89 bits per heavy atom. The van der Waals surface area contributed by atoms with Crippen LogP contribution in [0.25, 0.3) is 10.9 Å². The standard InChI is InChI=1S/C21H22N4O2/c1-13-8-16(20-18(9-13)14(2)15(3)24-20)10-23-21(26)19-5-4-17(27-19)11-25-7-6-22-12-25/h4-9,12,24H,10-11H2,1-3H3,(H,23,26). The third-order valence-electron chi connectivity index (χ3n) is 4.87. The number of nitrogens with one attached hydrogen (secondary N) is 2. The third kappa shape index (κ3) is 3.38. The van der Waals surface area contributed by atoms with Gasteiger partial charge in [-0.15, -0.1) is 0 Å². The van der Waals surface area contributed by atoms with Gasteiger partial charge in [0, 0.05) is 30.0 Å². The summed E-state index contributed by atoms with van der Waals surface area (Å²) in [4.78, 5) is 19.9. The molecule has 0 aliphatic rings. The van der Waals surface area contributed by atoms with Crippen LogP contribution in [0.5, 0.6) is 0 Å². The van der Waals surface area contributed by atoms with Crippen LogP contribution in [-0.4, -0.2) is 20.4 Å². The van der Waals surface area contributed by atoms with Gasteiger partial charge in [0.1, 0.15) is 5.76 Å². The molecule has 0 spiro atoms. The van der Waals surface area contributed by atoms with Crippen molar-refractivity contribution in [3.63, 3.8) is 0 Å². The molecule has 0 radical (unpaired) electrons. The van der Waals surface area contributed by atoms with Crippen LogP contribution in [0.4, 0.5) is 0 Å². The molecule has 6 heteroatoms. The van der Waals surface area contributed by atoms with Crippen molar-refractivity contribution < 1.29 is 9.21 Å². The number of fused-ring (bicyclic) bond motifs is 1. The van der Waals surface area contributed by atoms with Gasteiger partial charge in [-0.05, 0) is 50.1 Å². The second-order valence-corrected chi connectivity index (χ2v) is 6.91. The number of aryl methyl sites for hydroxylation is 3. The molecule has 138 valence electrons. The van der Waals surface area contributed by atoms with Gasteiger partial charge in [0.2, 0.25) is 0 Å². The minimum atomic E-state index is -0.221. The Bertz CT molecular complexity index is 1100. The lowest BCUT2D eigenvalue weighted by molar-refractivity contribution is 0.0921. The van der Waals surface area contributed by atoms with E-state index < -0.39 is 0 Å². The lowest BCUT2D eigenvalue weighted by Crippen LogP contribution is -2.22. The molecule has 0 aliphatic heterocycles. The van der Waals surface area contributed by atoms with Crippen molar-refractivity contribution in [3.8, 4) is 0 Å². The fraction of sp³-hybridized carbons (Fsp3) is 0.238. The maximum absolute atomic E-state index is 12.5. The number of furan rings is 1. The van der Waals surface area contributed by atoms with E-state index in [1.165, 1.54) is 16.5 Å². The van der Waals surface area contributed by atoms with Gasteiger partial charge in [0.05, 0.1) is 18.4 Å². The molecule has 4 rings (SSSR count). The molecule has 0 bridgehead atoms. The lowest BCUT2D eigenvalue weighted by atomic mass is 10.0. The maximum atomic E-state index is 12.5. The quantitative estimate of drug-likeness (QED) is 0.566. The lowest BCUT2D eigenvalue weighted by Gasteiger charge is -2.07. The molecule has 0 atom stereocenters. The Morgan fingerprint density at radius 1 is 1.26 bits per heavy atom. The molecule has 0 saturated carbocycles. The van der Waals surface area contributed by atoms with Crippen molar-refractivity contribution in [2.24, 2.45) is 0 Å². The minimum absolute atomic E-state index is 0.221. The topological polar surface area (TPSA) is 75.8 Å². The number of carbonyl (C=O) groups is 1. The number of imidazole rings is 1. The van der Waals surface area contributed by atoms with E-state index in [1.54, 1.807) is 18.6 Å². The molecule has 0 aliphatic carbocycles. The zero-order valence-corrected chi connectivity index (χ0v) is 15.7. The van der Waals surface area contributed by atoms with Crippen molar-refractivity contribution in [1.82, 2.24) is 19.9 Å². The van der Waals surface area contributed by atoms with E-state index in [1.807, 2.05) is 16.8 Å². The molecular formula is C21H22N4O2. The van der Waals surface area contributed by atoms with Gasteiger partial charge in [-0.3, -0.25) is 4.79 Å². The highest BCUT2D eigenvalue weighted by atomic mass is 16.4. The van der Waals surface area contributed by atoms with Crippen molar-refractivity contribution in [2.45, 2.75) is 33.9 Å². The van der Waals surface area contributed by atoms with E-state index in [0.29, 0.717) is 24.6 Å². The smallest absolute Gasteiger partial charge is 0.287 e. The van der Waals surface area contributed by atoms with Crippen LogP contribution in [0.2, 0.25) is 0 Å². The molecule has 27 heavy (non-hydrogen) atoms. The molecule has 1 amide bonds. The predicted octanol–water partition coefficient (Wildman–Crippen LogP) is 3.86. The van der Waals surface area contributed by atoms with Crippen molar-refractivity contribution in [1.29, 1.82) is 0 Å². The Hall–Kier alpha value is -3.28. The molecule has 3 heterocycles. The summed E-state index contributed by atoms with van der Waals surface area (Å²) in [6, 6.07) is 7.80. The predicted molar refractivity (Wildman–Crippen MR) is 104 cm³/mol. The molecule has 4 aromatic rings. The summed E-state index contributed by atoms with van der Waals surface area (Å²) in [6.07, 6.45) is 5.28. The zero-order chi connectivity index (χ0) is 19.0. The minimum Gasteiger partial charge on any atom is -0.454 e. The number of aromatic nitrogens is 3. The maximum Gasteiger partial charge on any atom is 0.287 e. The van der Waals surface area contributed by atoms with Crippen LogP contribution < -0.4 is 5.32 Å². The second kappa shape index (κ2) is 6.79. The van der Waals surface area contributed by atoms with E-state index in [-0.39, 0.29) is 5.91 Å². The number of rotatable bonds is 5. The number of amides is 1. The van der Waals surface area contributed by atoms with Crippen molar-refractivity contribution >= 4 is 16.8 Å². The molecule has 0 saturated heterocycles. The van der Waals surface area contributed by atoms with E-state index in [9.17, 15) is 4.79 Å². The van der Waals surface area contributed by atoms with E-state index in [2.05, 4.69) is 48.2 Å². The number of carbonyl (C=O) groups excluding carboxylic acids is 1. The number of aromatic amines is 1.